The number of carbonyl (C=O) groups is 2. The number of halogens is 1. The summed E-state index contributed by atoms with van der Waals surface area (Å²) in [6.07, 6.45) is 1.54. The number of carbonyl (C=O) groups excluding carboxylic acids is 2. The van der Waals surface area contributed by atoms with Crippen LogP contribution in [0.4, 0.5) is 0 Å². The minimum atomic E-state index is -0.690. The number of amides is 2. The highest BCUT2D eigenvalue weighted by Gasteiger charge is 2.11. The van der Waals surface area contributed by atoms with Gasteiger partial charge in [0.2, 0.25) is 0 Å². The first kappa shape index (κ1) is 15.0. The van der Waals surface area contributed by atoms with Gasteiger partial charge in [-0.1, -0.05) is 46.3 Å². The van der Waals surface area contributed by atoms with Crippen LogP contribution in [0.25, 0.3) is 6.08 Å². The van der Waals surface area contributed by atoms with Crippen LogP contribution in [0.2, 0.25) is 0 Å². The van der Waals surface area contributed by atoms with Crippen LogP contribution in [0.5, 0.6) is 0 Å². The molecule has 0 saturated heterocycles. The lowest BCUT2D eigenvalue weighted by Crippen LogP contribution is -2.31. The van der Waals surface area contributed by atoms with Gasteiger partial charge >= 0.3 is 0 Å². The summed E-state index contributed by atoms with van der Waals surface area (Å²) in [4.78, 5) is 23.5. The van der Waals surface area contributed by atoms with E-state index in [9.17, 15) is 9.59 Å². The third-order valence-corrected chi connectivity index (χ3v) is 3.26. The molecule has 0 radical (unpaired) electrons. The third kappa shape index (κ3) is 4.29. The maximum atomic E-state index is 12.1. The summed E-state index contributed by atoms with van der Waals surface area (Å²) in [5.74, 6) is -1.08. The van der Waals surface area contributed by atoms with E-state index in [-0.39, 0.29) is 11.6 Å². The van der Waals surface area contributed by atoms with Crippen molar-refractivity contribution in [1.82, 2.24) is 5.32 Å². The fourth-order valence-electron chi connectivity index (χ4n) is 1.68. The van der Waals surface area contributed by atoms with Crippen LogP contribution in [0.15, 0.2) is 64.8 Å². The molecule has 0 unspecified atom stereocenters. The Morgan fingerprint density at radius 1 is 1.00 bits per heavy atom. The number of hydrogen-bond donors (Lipinski definition) is 2. The topological polar surface area (TPSA) is 72.2 Å². The highest BCUT2D eigenvalue weighted by atomic mass is 79.9. The molecule has 0 atom stereocenters. The molecule has 0 aromatic heterocycles. The standard InChI is InChI=1S/C16H13BrN2O2/c17-13-8-6-12(7-9-13)16(21)19-14(15(18)20)10-11-4-2-1-3-5-11/h1-10H,(H2,18,20)(H,19,21)/b14-10+. The number of primary amides is 1. The summed E-state index contributed by atoms with van der Waals surface area (Å²) in [6, 6.07) is 16.0. The maximum Gasteiger partial charge on any atom is 0.265 e. The molecule has 2 aromatic rings. The molecule has 0 aliphatic carbocycles. The fourth-order valence-corrected chi connectivity index (χ4v) is 1.94. The second-order valence-corrected chi connectivity index (χ2v) is 5.21. The number of nitrogens with one attached hydrogen (secondary N) is 1. The largest absolute Gasteiger partial charge is 0.364 e. The van der Waals surface area contributed by atoms with Gasteiger partial charge in [-0.2, -0.15) is 0 Å². The van der Waals surface area contributed by atoms with Gasteiger partial charge in [0.15, 0.2) is 0 Å². The van der Waals surface area contributed by atoms with Crippen LogP contribution in [0.3, 0.4) is 0 Å². The predicted octanol–water partition coefficient (Wildman–Crippen LogP) is 2.71. The maximum absolute atomic E-state index is 12.1. The summed E-state index contributed by atoms with van der Waals surface area (Å²) >= 11 is 3.30. The van der Waals surface area contributed by atoms with Crippen molar-refractivity contribution in [2.24, 2.45) is 5.73 Å². The van der Waals surface area contributed by atoms with Gasteiger partial charge in [-0.3, -0.25) is 9.59 Å². The molecular formula is C16H13BrN2O2. The van der Waals surface area contributed by atoms with Gasteiger partial charge in [0.1, 0.15) is 5.70 Å². The zero-order chi connectivity index (χ0) is 15.2. The highest BCUT2D eigenvalue weighted by molar-refractivity contribution is 9.10. The molecule has 4 nitrogen and oxygen atoms in total. The zero-order valence-corrected chi connectivity index (χ0v) is 12.6. The van der Waals surface area contributed by atoms with E-state index in [1.165, 1.54) is 0 Å². The van der Waals surface area contributed by atoms with Crippen LogP contribution in [0, 0.1) is 0 Å². The lowest BCUT2D eigenvalue weighted by atomic mass is 10.1. The first-order valence-corrected chi connectivity index (χ1v) is 6.99. The second kappa shape index (κ2) is 6.85. The molecule has 0 saturated carbocycles. The van der Waals surface area contributed by atoms with Crippen LogP contribution >= 0.6 is 15.9 Å². The molecule has 2 rings (SSSR count). The lowest BCUT2D eigenvalue weighted by Gasteiger charge is -2.07. The van der Waals surface area contributed by atoms with E-state index in [2.05, 4.69) is 21.2 Å². The van der Waals surface area contributed by atoms with E-state index in [1.54, 1.807) is 30.3 Å². The van der Waals surface area contributed by atoms with Gasteiger partial charge in [-0.15, -0.1) is 0 Å². The van der Waals surface area contributed by atoms with E-state index in [0.29, 0.717) is 5.56 Å². The number of benzene rings is 2. The van der Waals surface area contributed by atoms with Gasteiger partial charge in [-0.05, 0) is 35.9 Å². The Morgan fingerprint density at radius 2 is 1.62 bits per heavy atom. The monoisotopic (exact) mass is 344 g/mol. The van der Waals surface area contributed by atoms with Gasteiger partial charge in [0.05, 0.1) is 0 Å². The average Bonchev–Trinajstić information content (AvgIpc) is 2.48. The van der Waals surface area contributed by atoms with Crippen molar-refractivity contribution in [2.45, 2.75) is 0 Å². The van der Waals surface area contributed by atoms with Gasteiger partial charge in [0, 0.05) is 10.0 Å². The average molecular weight is 345 g/mol. The highest BCUT2D eigenvalue weighted by Crippen LogP contribution is 2.11. The van der Waals surface area contributed by atoms with E-state index in [1.807, 2.05) is 30.3 Å². The van der Waals surface area contributed by atoms with Crippen molar-refractivity contribution in [2.75, 3.05) is 0 Å². The van der Waals surface area contributed by atoms with Crippen molar-refractivity contribution in [1.29, 1.82) is 0 Å². The Morgan fingerprint density at radius 3 is 2.19 bits per heavy atom. The Balaban J connectivity index is 2.21. The number of hydrogen-bond acceptors (Lipinski definition) is 2. The third-order valence-electron chi connectivity index (χ3n) is 2.73. The zero-order valence-electron chi connectivity index (χ0n) is 11.0. The van der Waals surface area contributed by atoms with Crippen molar-refractivity contribution in [3.63, 3.8) is 0 Å². The molecule has 0 heterocycles. The Hall–Kier alpha value is -2.40. The van der Waals surface area contributed by atoms with Crippen LogP contribution in [0.1, 0.15) is 15.9 Å². The van der Waals surface area contributed by atoms with E-state index in [4.69, 9.17) is 5.73 Å². The Bertz CT molecular complexity index is 679. The summed E-state index contributed by atoms with van der Waals surface area (Å²) in [6.45, 7) is 0. The molecule has 0 aliphatic rings. The number of rotatable bonds is 4. The van der Waals surface area contributed by atoms with Crippen LogP contribution < -0.4 is 11.1 Å². The quantitative estimate of drug-likeness (QED) is 0.837. The minimum Gasteiger partial charge on any atom is -0.364 e. The molecule has 106 valence electrons. The summed E-state index contributed by atoms with van der Waals surface area (Å²) in [5, 5.41) is 2.53. The SMILES string of the molecule is NC(=O)/C(=C\c1ccccc1)NC(=O)c1ccc(Br)cc1. The molecule has 5 heteroatoms. The first-order chi connectivity index (χ1) is 10.1. The molecule has 0 spiro atoms. The van der Waals surface area contributed by atoms with E-state index >= 15 is 0 Å². The summed E-state index contributed by atoms with van der Waals surface area (Å²) in [5.41, 5.74) is 6.58. The predicted molar refractivity (Wildman–Crippen MR) is 85.2 cm³/mol. The minimum absolute atomic E-state index is 0.0501. The van der Waals surface area contributed by atoms with Crippen molar-refractivity contribution in [3.8, 4) is 0 Å². The molecule has 21 heavy (non-hydrogen) atoms. The molecule has 2 amide bonds. The van der Waals surface area contributed by atoms with Crippen LogP contribution in [-0.2, 0) is 4.79 Å². The molecule has 0 fully saturated rings. The van der Waals surface area contributed by atoms with Crippen LogP contribution in [-0.4, -0.2) is 11.8 Å². The van der Waals surface area contributed by atoms with Crippen molar-refractivity contribution >= 4 is 33.8 Å². The molecule has 2 aromatic carbocycles. The molecule has 3 N–H and O–H groups in total. The fraction of sp³-hybridized carbons (Fsp3) is 0. The van der Waals surface area contributed by atoms with Gasteiger partial charge in [0.25, 0.3) is 11.8 Å². The summed E-state index contributed by atoms with van der Waals surface area (Å²) < 4.78 is 0.869. The molecular weight excluding hydrogens is 332 g/mol. The smallest absolute Gasteiger partial charge is 0.265 e. The van der Waals surface area contributed by atoms with Crippen molar-refractivity contribution < 1.29 is 9.59 Å². The van der Waals surface area contributed by atoms with Gasteiger partial charge < -0.3 is 11.1 Å². The Labute approximate surface area is 130 Å². The Kier molecular flexibility index (Phi) is 4.90. The number of nitrogens with two attached hydrogens (primary N) is 1. The normalized spacial score (nSPS) is 11.0. The van der Waals surface area contributed by atoms with Crippen molar-refractivity contribution in [3.05, 3.63) is 75.9 Å². The van der Waals surface area contributed by atoms with E-state index in [0.717, 1.165) is 10.0 Å². The lowest BCUT2D eigenvalue weighted by molar-refractivity contribution is -0.114. The van der Waals surface area contributed by atoms with E-state index < -0.39 is 5.91 Å². The summed E-state index contributed by atoms with van der Waals surface area (Å²) in [7, 11) is 0. The van der Waals surface area contributed by atoms with Gasteiger partial charge in [-0.25, -0.2) is 0 Å². The molecule has 0 bridgehead atoms. The second-order valence-electron chi connectivity index (χ2n) is 4.29. The first-order valence-electron chi connectivity index (χ1n) is 6.20. The molecule has 0 aliphatic heterocycles.